The molecule has 12 rings (SSSR count). The van der Waals surface area contributed by atoms with Crippen LogP contribution >= 0.6 is 11.8 Å². The molecular formula is C51H37B2NSSi. The molecule has 1 nitrogen and oxygen atoms in total. The van der Waals surface area contributed by atoms with Crippen molar-refractivity contribution in [1.82, 2.24) is 0 Å². The number of fused-ring (bicyclic) bond motifs is 12. The molecule has 0 aromatic heterocycles. The van der Waals surface area contributed by atoms with Crippen molar-refractivity contribution in [3.05, 3.63) is 199 Å². The standard InChI is InChI=1S/C51H37B2NSSi/c1-51(2)36-16-3-4-18-38(36)53-41-21-7-14-28-48(41)56(49-29-15-17-37(51)50(49)53)46-26-12-5-19-39(46)52(40-20-6-13-27-47(40)56)34-30-32-35(33-31-34)54-42-22-8-10-24-44(42)55-45-25-11-9-23-43(45)54/h3-33H,1-2H3. The van der Waals surface area contributed by atoms with Crippen molar-refractivity contribution < 1.29 is 0 Å². The van der Waals surface area contributed by atoms with E-state index >= 15 is 0 Å². The summed E-state index contributed by atoms with van der Waals surface area (Å²) in [6.07, 6.45) is 0. The lowest BCUT2D eigenvalue weighted by Crippen LogP contribution is -2.93. The Morgan fingerprint density at radius 3 is 1.50 bits per heavy atom. The van der Waals surface area contributed by atoms with E-state index in [4.69, 9.17) is 0 Å². The number of benzene rings is 8. The highest BCUT2D eigenvalue weighted by atomic mass is 32.2. The molecule has 4 heterocycles. The van der Waals surface area contributed by atoms with Crippen LogP contribution in [0.25, 0.3) is 0 Å². The van der Waals surface area contributed by atoms with E-state index in [2.05, 4.69) is 207 Å². The maximum atomic E-state index is 2.52. The van der Waals surface area contributed by atoms with Gasteiger partial charge in [0.15, 0.2) is 8.07 Å². The quantitative estimate of drug-likeness (QED) is 0.222. The molecule has 4 aliphatic heterocycles. The van der Waals surface area contributed by atoms with Gasteiger partial charge in [0, 0.05) is 20.9 Å². The van der Waals surface area contributed by atoms with E-state index in [1.807, 2.05) is 11.8 Å². The first-order valence-electron chi connectivity index (χ1n) is 19.8. The molecule has 0 atom stereocenters. The van der Waals surface area contributed by atoms with Gasteiger partial charge in [-0.15, -0.1) is 0 Å². The lowest BCUT2D eigenvalue weighted by Gasteiger charge is -2.51. The lowest BCUT2D eigenvalue weighted by atomic mass is 9.31. The Bertz CT molecular complexity index is 2830. The zero-order chi connectivity index (χ0) is 37.2. The van der Waals surface area contributed by atoms with Crippen LogP contribution in [0.3, 0.4) is 0 Å². The number of rotatable bonds is 2. The molecule has 0 aliphatic carbocycles. The first-order valence-corrected chi connectivity index (χ1v) is 22.7. The predicted octanol–water partition coefficient (Wildman–Crippen LogP) is 5.30. The zero-order valence-corrected chi connectivity index (χ0v) is 33.2. The molecule has 0 unspecified atom stereocenters. The largest absolute Gasteiger partial charge is 0.308 e. The van der Waals surface area contributed by atoms with Gasteiger partial charge in [0.1, 0.15) is 0 Å². The van der Waals surface area contributed by atoms with Crippen molar-refractivity contribution in [2.24, 2.45) is 0 Å². The van der Waals surface area contributed by atoms with Gasteiger partial charge in [-0.3, -0.25) is 0 Å². The maximum absolute atomic E-state index is 2.79. The second-order valence-corrected chi connectivity index (χ2v) is 21.1. The maximum Gasteiger partial charge on any atom is 0.241 e. The van der Waals surface area contributed by atoms with E-state index < -0.39 is 8.07 Å². The number of anilines is 3. The van der Waals surface area contributed by atoms with Crippen molar-refractivity contribution in [3.63, 3.8) is 0 Å². The van der Waals surface area contributed by atoms with Gasteiger partial charge < -0.3 is 4.90 Å². The van der Waals surface area contributed by atoms with Crippen LogP contribution in [0.5, 0.6) is 0 Å². The van der Waals surface area contributed by atoms with Crippen LogP contribution in [0.15, 0.2) is 198 Å². The van der Waals surface area contributed by atoms with E-state index in [0.717, 1.165) is 0 Å². The average Bonchev–Trinajstić information content (AvgIpc) is 3.25. The van der Waals surface area contributed by atoms with E-state index in [1.165, 1.54) is 80.9 Å². The fourth-order valence-corrected chi connectivity index (χ4v) is 18.0. The molecule has 8 aromatic rings. The highest BCUT2D eigenvalue weighted by molar-refractivity contribution is 7.99. The Labute approximate surface area is 335 Å². The molecule has 0 fully saturated rings. The summed E-state index contributed by atoms with van der Waals surface area (Å²) in [5.41, 5.74) is 15.2. The summed E-state index contributed by atoms with van der Waals surface area (Å²) in [4.78, 5) is 5.00. The first kappa shape index (κ1) is 32.5. The van der Waals surface area contributed by atoms with Gasteiger partial charge in [0.2, 0.25) is 13.4 Å². The van der Waals surface area contributed by atoms with Crippen LogP contribution in [0.1, 0.15) is 25.0 Å². The summed E-state index contributed by atoms with van der Waals surface area (Å²) in [6.45, 7) is 5.21. The topological polar surface area (TPSA) is 3.24 Å². The summed E-state index contributed by atoms with van der Waals surface area (Å²) in [6, 6.07) is 72.2. The average molecular weight is 746 g/mol. The molecule has 0 N–H and O–H groups in total. The van der Waals surface area contributed by atoms with E-state index in [9.17, 15) is 0 Å². The molecule has 56 heavy (non-hydrogen) atoms. The van der Waals surface area contributed by atoms with Crippen molar-refractivity contribution >= 4 is 104 Å². The smallest absolute Gasteiger partial charge is 0.241 e. The molecule has 8 aromatic carbocycles. The van der Waals surface area contributed by atoms with Gasteiger partial charge in [0.05, 0.1) is 11.4 Å². The fraction of sp³-hybridized carbons (Fsp3) is 0.0588. The molecule has 262 valence electrons. The summed E-state index contributed by atoms with van der Waals surface area (Å²) in [5, 5.41) is 6.16. The highest BCUT2D eigenvalue weighted by Crippen LogP contribution is 2.51. The molecule has 0 amide bonds. The number of hydrogen-bond donors (Lipinski definition) is 0. The molecule has 0 saturated carbocycles. The molecule has 0 bridgehead atoms. The van der Waals surface area contributed by atoms with E-state index in [-0.39, 0.29) is 18.8 Å². The van der Waals surface area contributed by atoms with E-state index in [1.54, 1.807) is 10.6 Å². The first-order chi connectivity index (χ1) is 27.6. The summed E-state index contributed by atoms with van der Waals surface area (Å²) in [5.74, 6) is 0. The van der Waals surface area contributed by atoms with Crippen molar-refractivity contribution in [2.45, 2.75) is 29.1 Å². The van der Waals surface area contributed by atoms with Crippen LogP contribution in [-0.4, -0.2) is 21.5 Å². The number of hydrogen-bond acceptors (Lipinski definition) is 2. The third-order valence-corrected chi connectivity index (χ3v) is 19.5. The Morgan fingerprint density at radius 2 is 0.893 bits per heavy atom. The Balaban J connectivity index is 1.08. The summed E-state index contributed by atoms with van der Waals surface area (Å²) in [7, 11) is -2.79. The zero-order valence-electron chi connectivity index (χ0n) is 31.4. The van der Waals surface area contributed by atoms with Crippen LogP contribution in [0, 0.1) is 0 Å². The van der Waals surface area contributed by atoms with Crippen molar-refractivity contribution in [3.8, 4) is 0 Å². The van der Waals surface area contributed by atoms with Crippen LogP contribution in [-0.2, 0) is 5.41 Å². The van der Waals surface area contributed by atoms with Gasteiger partial charge in [-0.1, -0.05) is 210 Å². The number of nitrogens with zero attached hydrogens (tertiary/aromatic N) is 1. The molecule has 0 radical (unpaired) electrons. The third-order valence-electron chi connectivity index (χ3n) is 13.4. The highest BCUT2D eigenvalue weighted by Gasteiger charge is 2.57. The molecule has 4 aliphatic rings. The Morgan fingerprint density at radius 1 is 0.429 bits per heavy atom. The second-order valence-electron chi connectivity index (χ2n) is 16.3. The Kier molecular flexibility index (Phi) is 6.89. The lowest BCUT2D eigenvalue weighted by molar-refractivity contribution is 0.646. The third kappa shape index (κ3) is 4.20. The molecule has 0 saturated heterocycles. The Hall–Kier alpha value is -5.74. The van der Waals surface area contributed by atoms with Gasteiger partial charge in [0.25, 0.3) is 0 Å². The van der Waals surface area contributed by atoms with Crippen LogP contribution < -0.4 is 58.4 Å². The monoisotopic (exact) mass is 745 g/mol. The minimum Gasteiger partial charge on any atom is -0.308 e. The predicted molar refractivity (Wildman–Crippen MR) is 243 cm³/mol. The van der Waals surface area contributed by atoms with Crippen LogP contribution in [0.4, 0.5) is 17.1 Å². The fourth-order valence-electron chi connectivity index (χ4n) is 11.2. The summed E-state index contributed by atoms with van der Waals surface area (Å²) >= 11 is 1.86. The van der Waals surface area contributed by atoms with Crippen molar-refractivity contribution in [2.75, 3.05) is 4.90 Å². The number of para-hydroxylation sites is 2. The van der Waals surface area contributed by atoms with E-state index in [0.29, 0.717) is 0 Å². The molecule has 5 heteroatoms. The SMILES string of the molecule is CC1(C)c2ccccc2B2c3ccccc3[Si]3(c4ccccc4B(c4ccc(N5c6ccccc6Sc6ccccc65)cc4)c4ccccc43)c3cccc1c32. The van der Waals surface area contributed by atoms with Gasteiger partial charge >= 0.3 is 0 Å². The minimum absolute atomic E-state index is 0.105. The minimum atomic E-state index is -2.79. The van der Waals surface area contributed by atoms with Gasteiger partial charge in [-0.05, 0) is 68.3 Å². The normalized spacial score (nSPS) is 15.8. The molecule has 1 spiro atoms. The van der Waals surface area contributed by atoms with Gasteiger partial charge in [-0.2, -0.15) is 0 Å². The summed E-state index contributed by atoms with van der Waals surface area (Å²) < 4.78 is 0. The second kappa shape index (κ2) is 11.9. The van der Waals surface area contributed by atoms with Crippen molar-refractivity contribution in [1.29, 1.82) is 0 Å². The van der Waals surface area contributed by atoms with Gasteiger partial charge in [-0.25, -0.2) is 0 Å². The molecular weight excluding hydrogens is 708 g/mol. The van der Waals surface area contributed by atoms with Crippen LogP contribution in [0.2, 0.25) is 0 Å².